The van der Waals surface area contributed by atoms with E-state index in [4.69, 9.17) is 9.47 Å². The van der Waals surface area contributed by atoms with Gasteiger partial charge in [0.1, 0.15) is 6.61 Å². The van der Waals surface area contributed by atoms with Gasteiger partial charge >= 0.3 is 5.97 Å². The summed E-state index contributed by atoms with van der Waals surface area (Å²) in [6.07, 6.45) is 2.57. The van der Waals surface area contributed by atoms with Crippen molar-refractivity contribution in [2.45, 2.75) is 18.6 Å². The molecule has 24 heavy (non-hydrogen) atoms. The zero-order chi connectivity index (χ0) is 17.2. The Hall–Kier alpha value is -2.65. The van der Waals surface area contributed by atoms with Crippen LogP contribution in [0.4, 0.5) is 0 Å². The Labute approximate surface area is 143 Å². The highest BCUT2D eigenvalue weighted by Crippen LogP contribution is 2.24. The Balaban J connectivity index is 2.12. The second-order valence-electron chi connectivity index (χ2n) is 5.31. The summed E-state index contributed by atoms with van der Waals surface area (Å²) in [5.41, 5.74) is 1.89. The zero-order valence-corrected chi connectivity index (χ0v) is 13.6. The van der Waals surface area contributed by atoms with Gasteiger partial charge in [0.25, 0.3) is 0 Å². The summed E-state index contributed by atoms with van der Waals surface area (Å²) < 4.78 is 11.1. The summed E-state index contributed by atoms with van der Waals surface area (Å²) in [7, 11) is 0. The fraction of sp³-hybridized carbons (Fsp3) is 0.190. The molecule has 2 atom stereocenters. The molecule has 0 aliphatic carbocycles. The molecule has 0 saturated heterocycles. The van der Waals surface area contributed by atoms with Crippen molar-refractivity contribution in [2.75, 3.05) is 6.61 Å². The van der Waals surface area contributed by atoms with Gasteiger partial charge in [-0.25, -0.2) is 4.79 Å². The van der Waals surface area contributed by atoms with Crippen LogP contribution >= 0.6 is 0 Å². The van der Waals surface area contributed by atoms with Gasteiger partial charge in [0.2, 0.25) is 0 Å². The molecule has 0 aliphatic heterocycles. The summed E-state index contributed by atoms with van der Waals surface area (Å²) in [5.74, 6) is -0.691. The van der Waals surface area contributed by atoms with Crippen LogP contribution in [0.2, 0.25) is 0 Å². The Kier molecular flexibility index (Phi) is 6.99. The van der Waals surface area contributed by atoms with Gasteiger partial charge in [-0.1, -0.05) is 72.8 Å². The monoisotopic (exact) mass is 322 g/mol. The molecule has 0 N–H and O–H groups in total. The van der Waals surface area contributed by atoms with Crippen molar-refractivity contribution in [1.82, 2.24) is 0 Å². The number of benzene rings is 2. The summed E-state index contributed by atoms with van der Waals surface area (Å²) in [5, 5.41) is 0. The lowest BCUT2D eigenvalue weighted by atomic mass is 9.93. The first kappa shape index (κ1) is 17.7. The average Bonchev–Trinajstić information content (AvgIpc) is 2.64. The van der Waals surface area contributed by atoms with Gasteiger partial charge in [-0.3, -0.25) is 0 Å². The smallest absolute Gasteiger partial charge is 0.336 e. The number of hydrogen-bond acceptors (Lipinski definition) is 3. The molecule has 2 aromatic rings. The lowest BCUT2D eigenvalue weighted by Gasteiger charge is -2.23. The number of carbonyl (C=O) groups is 1. The predicted molar refractivity (Wildman–Crippen MR) is 95.6 cm³/mol. The van der Waals surface area contributed by atoms with E-state index in [1.54, 1.807) is 12.2 Å². The van der Waals surface area contributed by atoms with E-state index in [1.807, 2.05) is 60.7 Å². The molecule has 0 radical (unpaired) electrons. The highest BCUT2D eigenvalue weighted by molar-refractivity contribution is 5.76. The highest BCUT2D eigenvalue weighted by atomic mass is 16.6. The normalized spacial score (nSPS) is 12.8. The van der Waals surface area contributed by atoms with Crippen LogP contribution in [0.5, 0.6) is 0 Å². The molecule has 0 bridgehead atoms. The van der Waals surface area contributed by atoms with Crippen LogP contribution in [-0.4, -0.2) is 18.7 Å². The van der Waals surface area contributed by atoms with Crippen LogP contribution in [0.3, 0.4) is 0 Å². The van der Waals surface area contributed by atoms with E-state index in [0.717, 1.165) is 11.1 Å². The SMILES string of the molecule is C=CCO[C@H](C(=O)OCc1ccccc1)[C@H](C=C)c1ccccc1. The van der Waals surface area contributed by atoms with Crippen LogP contribution in [0.15, 0.2) is 86.0 Å². The van der Waals surface area contributed by atoms with E-state index < -0.39 is 12.1 Å². The maximum absolute atomic E-state index is 12.6. The van der Waals surface area contributed by atoms with E-state index in [-0.39, 0.29) is 19.1 Å². The average molecular weight is 322 g/mol. The first-order chi connectivity index (χ1) is 11.8. The third kappa shape index (κ3) is 4.93. The maximum Gasteiger partial charge on any atom is 0.336 e. The fourth-order valence-corrected chi connectivity index (χ4v) is 2.41. The topological polar surface area (TPSA) is 35.5 Å². The number of ether oxygens (including phenoxy) is 2. The van der Waals surface area contributed by atoms with Gasteiger partial charge in [0, 0.05) is 5.92 Å². The quantitative estimate of drug-likeness (QED) is 0.511. The van der Waals surface area contributed by atoms with Crippen LogP contribution in [0, 0.1) is 0 Å². The van der Waals surface area contributed by atoms with Gasteiger partial charge in [0.05, 0.1) is 6.61 Å². The molecule has 0 spiro atoms. The number of esters is 1. The Morgan fingerprint density at radius 1 is 1.00 bits per heavy atom. The van der Waals surface area contributed by atoms with Crippen molar-refractivity contribution < 1.29 is 14.3 Å². The van der Waals surface area contributed by atoms with Crippen molar-refractivity contribution >= 4 is 5.97 Å². The Bertz CT molecular complexity index is 649. The van der Waals surface area contributed by atoms with Crippen molar-refractivity contribution in [3.05, 3.63) is 97.1 Å². The Morgan fingerprint density at radius 3 is 2.21 bits per heavy atom. The van der Waals surface area contributed by atoms with Crippen molar-refractivity contribution in [3.63, 3.8) is 0 Å². The van der Waals surface area contributed by atoms with Crippen molar-refractivity contribution in [1.29, 1.82) is 0 Å². The van der Waals surface area contributed by atoms with E-state index in [0.29, 0.717) is 0 Å². The number of rotatable bonds is 9. The van der Waals surface area contributed by atoms with Crippen LogP contribution in [-0.2, 0) is 20.9 Å². The minimum absolute atomic E-state index is 0.215. The minimum Gasteiger partial charge on any atom is -0.459 e. The molecular formula is C21H22O3. The van der Waals surface area contributed by atoms with Gasteiger partial charge < -0.3 is 9.47 Å². The second-order valence-corrected chi connectivity index (χ2v) is 5.31. The first-order valence-corrected chi connectivity index (χ1v) is 7.86. The molecule has 0 aromatic heterocycles. The Morgan fingerprint density at radius 2 is 1.62 bits per heavy atom. The third-order valence-corrected chi connectivity index (χ3v) is 3.61. The van der Waals surface area contributed by atoms with Crippen LogP contribution in [0.25, 0.3) is 0 Å². The molecule has 0 unspecified atom stereocenters. The predicted octanol–water partition coefficient (Wildman–Crippen LogP) is 4.27. The third-order valence-electron chi connectivity index (χ3n) is 3.61. The van der Waals surface area contributed by atoms with Gasteiger partial charge in [-0.05, 0) is 11.1 Å². The lowest BCUT2D eigenvalue weighted by Crippen LogP contribution is -2.32. The van der Waals surface area contributed by atoms with Crippen LogP contribution in [0.1, 0.15) is 17.0 Å². The summed E-state index contributed by atoms with van der Waals surface area (Å²) in [6.45, 7) is 7.97. The molecule has 2 aromatic carbocycles. The summed E-state index contributed by atoms with van der Waals surface area (Å²) in [6, 6.07) is 19.2. The van der Waals surface area contributed by atoms with Gasteiger partial charge in [-0.2, -0.15) is 0 Å². The molecule has 3 heteroatoms. The molecule has 2 rings (SSSR count). The number of hydrogen-bond donors (Lipinski definition) is 0. The maximum atomic E-state index is 12.6. The zero-order valence-electron chi connectivity index (χ0n) is 13.6. The van der Waals surface area contributed by atoms with E-state index in [2.05, 4.69) is 13.2 Å². The fourth-order valence-electron chi connectivity index (χ4n) is 2.41. The second kappa shape index (κ2) is 9.48. The number of carbonyl (C=O) groups excluding carboxylic acids is 1. The molecular weight excluding hydrogens is 300 g/mol. The minimum atomic E-state index is -0.758. The largest absolute Gasteiger partial charge is 0.459 e. The first-order valence-electron chi connectivity index (χ1n) is 7.86. The summed E-state index contributed by atoms with van der Waals surface area (Å²) in [4.78, 5) is 12.6. The van der Waals surface area contributed by atoms with E-state index in [9.17, 15) is 4.79 Å². The standard InChI is InChI=1S/C21H22O3/c1-3-15-23-20(19(4-2)18-13-9-6-10-14-18)21(22)24-16-17-11-7-5-8-12-17/h3-14,19-20H,1-2,15-16H2/t19-,20+/m1/s1. The molecule has 0 aliphatic rings. The van der Waals surface area contributed by atoms with E-state index >= 15 is 0 Å². The van der Waals surface area contributed by atoms with Crippen molar-refractivity contribution in [3.8, 4) is 0 Å². The molecule has 124 valence electrons. The highest BCUT2D eigenvalue weighted by Gasteiger charge is 2.29. The molecule has 0 amide bonds. The van der Waals surface area contributed by atoms with Crippen LogP contribution < -0.4 is 0 Å². The molecule has 0 heterocycles. The lowest BCUT2D eigenvalue weighted by molar-refractivity contribution is -0.158. The molecule has 0 saturated carbocycles. The van der Waals surface area contributed by atoms with Gasteiger partial charge in [0.15, 0.2) is 6.10 Å². The van der Waals surface area contributed by atoms with Gasteiger partial charge in [-0.15, -0.1) is 13.2 Å². The van der Waals surface area contributed by atoms with E-state index in [1.165, 1.54) is 0 Å². The molecule has 3 nitrogen and oxygen atoms in total. The summed E-state index contributed by atoms with van der Waals surface area (Å²) >= 11 is 0. The van der Waals surface area contributed by atoms with Crippen molar-refractivity contribution in [2.24, 2.45) is 0 Å². The molecule has 0 fully saturated rings.